The first-order valence-corrected chi connectivity index (χ1v) is 14.0. The van der Waals surface area contributed by atoms with Gasteiger partial charge in [-0.25, -0.2) is 4.79 Å². The number of esters is 1. The number of hydrogen-bond donors (Lipinski definition) is 0. The largest absolute Gasteiger partial charge is 0.465 e. The van der Waals surface area contributed by atoms with Crippen LogP contribution in [0.1, 0.15) is 88.0 Å². The minimum absolute atomic E-state index is 0.0191. The molecule has 5 rings (SSSR count). The van der Waals surface area contributed by atoms with Crippen molar-refractivity contribution < 1.29 is 14.3 Å². The Morgan fingerprint density at radius 1 is 0.675 bits per heavy atom. The molecule has 0 aromatic heterocycles. The Labute approximate surface area is 239 Å². The molecule has 0 aliphatic carbocycles. The van der Waals surface area contributed by atoms with Crippen LogP contribution < -0.4 is 4.74 Å². The van der Waals surface area contributed by atoms with Crippen molar-refractivity contribution in [3.8, 4) is 33.8 Å². The molecule has 1 aliphatic heterocycles. The Kier molecular flexibility index (Phi) is 6.69. The monoisotopic (exact) mass is 532 g/mol. The lowest BCUT2D eigenvalue weighted by Gasteiger charge is -2.39. The highest BCUT2D eigenvalue weighted by Gasteiger charge is 2.39. The van der Waals surface area contributed by atoms with Gasteiger partial charge in [-0.15, -0.1) is 0 Å². The molecular weight excluding hydrogens is 492 g/mol. The molecule has 3 nitrogen and oxygen atoms in total. The van der Waals surface area contributed by atoms with E-state index < -0.39 is 0 Å². The number of fused-ring (bicyclic) bond motifs is 2. The summed E-state index contributed by atoms with van der Waals surface area (Å²) in [5, 5.41) is 0. The predicted molar refractivity (Wildman–Crippen MR) is 165 cm³/mol. The standard InChI is InChI=1S/C37H40O3/c1-35(2,3)26-19-28(23-13-11-10-12-14-23)32-30(21-26)37(7,8)31-22-27(36(4,5)6)20-29(33(31)40-32)24-15-17-25(18-16-24)34(38)39-9/h10-22H,1-9H3. The molecule has 0 saturated heterocycles. The summed E-state index contributed by atoms with van der Waals surface area (Å²) in [6, 6.07) is 27.4. The highest BCUT2D eigenvalue weighted by molar-refractivity contribution is 5.90. The second kappa shape index (κ2) is 9.66. The molecular formula is C37H40O3. The lowest BCUT2D eigenvalue weighted by atomic mass is 9.70. The third-order valence-electron chi connectivity index (χ3n) is 8.16. The summed E-state index contributed by atoms with van der Waals surface area (Å²) >= 11 is 0. The molecule has 0 radical (unpaired) electrons. The van der Waals surface area contributed by atoms with Crippen LogP contribution in [-0.2, 0) is 21.0 Å². The van der Waals surface area contributed by atoms with Crippen LogP contribution in [0.5, 0.6) is 11.5 Å². The first-order valence-electron chi connectivity index (χ1n) is 14.0. The Bertz CT molecular complexity index is 1580. The Morgan fingerprint density at radius 2 is 1.12 bits per heavy atom. The number of ether oxygens (including phenoxy) is 2. The van der Waals surface area contributed by atoms with Gasteiger partial charge in [0, 0.05) is 27.7 Å². The van der Waals surface area contributed by atoms with Crippen LogP contribution in [-0.4, -0.2) is 13.1 Å². The van der Waals surface area contributed by atoms with Crippen molar-refractivity contribution >= 4 is 5.97 Å². The maximum absolute atomic E-state index is 12.1. The molecule has 206 valence electrons. The summed E-state index contributed by atoms with van der Waals surface area (Å²) in [6.07, 6.45) is 0. The van der Waals surface area contributed by atoms with Crippen LogP contribution in [0.15, 0.2) is 78.9 Å². The van der Waals surface area contributed by atoms with Crippen LogP contribution in [0.3, 0.4) is 0 Å². The van der Waals surface area contributed by atoms with Crippen molar-refractivity contribution in [1.29, 1.82) is 0 Å². The number of carbonyl (C=O) groups is 1. The predicted octanol–water partition coefficient (Wildman–Crippen LogP) is 9.83. The van der Waals surface area contributed by atoms with Crippen LogP contribution in [0.25, 0.3) is 22.3 Å². The Hall–Kier alpha value is -3.85. The molecule has 40 heavy (non-hydrogen) atoms. The molecule has 0 amide bonds. The van der Waals surface area contributed by atoms with E-state index in [1.54, 1.807) is 0 Å². The van der Waals surface area contributed by atoms with E-state index in [0.29, 0.717) is 5.56 Å². The van der Waals surface area contributed by atoms with Gasteiger partial charge in [0.05, 0.1) is 12.7 Å². The molecule has 4 aromatic rings. The Balaban J connectivity index is 1.80. The van der Waals surface area contributed by atoms with Gasteiger partial charge < -0.3 is 9.47 Å². The average molecular weight is 533 g/mol. The molecule has 0 spiro atoms. The zero-order valence-corrected chi connectivity index (χ0v) is 25.2. The van der Waals surface area contributed by atoms with E-state index in [2.05, 4.69) is 104 Å². The number of rotatable bonds is 3. The van der Waals surface area contributed by atoms with Crippen molar-refractivity contribution in [3.63, 3.8) is 0 Å². The van der Waals surface area contributed by atoms with E-state index >= 15 is 0 Å². The first kappa shape index (κ1) is 27.7. The van der Waals surface area contributed by atoms with Gasteiger partial charge in [-0.2, -0.15) is 0 Å². The second-order valence-electron chi connectivity index (χ2n) is 13.5. The molecule has 0 saturated carbocycles. The van der Waals surface area contributed by atoms with E-state index in [9.17, 15) is 4.79 Å². The lowest BCUT2D eigenvalue weighted by Crippen LogP contribution is -2.27. The van der Waals surface area contributed by atoms with Gasteiger partial charge in [0.25, 0.3) is 0 Å². The summed E-state index contributed by atoms with van der Waals surface area (Å²) in [5.41, 5.74) is 9.31. The molecule has 0 bridgehead atoms. The summed E-state index contributed by atoms with van der Waals surface area (Å²) in [4.78, 5) is 12.1. The van der Waals surface area contributed by atoms with E-state index in [0.717, 1.165) is 33.8 Å². The highest BCUT2D eigenvalue weighted by atomic mass is 16.5. The zero-order valence-electron chi connectivity index (χ0n) is 25.2. The molecule has 0 fully saturated rings. The summed E-state index contributed by atoms with van der Waals surface area (Å²) in [6.45, 7) is 18.2. The second-order valence-corrected chi connectivity index (χ2v) is 13.5. The zero-order chi connectivity index (χ0) is 29.0. The molecule has 0 unspecified atom stereocenters. The number of benzene rings is 4. The van der Waals surface area contributed by atoms with Gasteiger partial charge in [-0.05, 0) is 57.3 Å². The molecule has 0 N–H and O–H groups in total. The fraction of sp³-hybridized carbons (Fsp3) is 0.324. The van der Waals surface area contributed by atoms with Gasteiger partial charge in [0.15, 0.2) is 0 Å². The summed E-state index contributed by atoms with van der Waals surface area (Å²) < 4.78 is 12.0. The molecule has 3 heteroatoms. The molecule has 4 aromatic carbocycles. The summed E-state index contributed by atoms with van der Waals surface area (Å²) in [5.74, 6) is 1.44. The number of methoxy groups -OCH3 is 1. The van der Waals surface area contributed by atoms with Gasteiger partial charge in [0.1, 0.15) is 11.5 Å². The minimum atomic E-state index is -0.342. The van der Waals surface area contributed by atoms with E-state index in [4.69, 9.17) is 9.47 Å². The lowest BCUT2D eigenvalue weighted by molar-refractivity contribution is 0.0600. The van der Waals surface area contributed by atoms with Crippen molar-refractivity contribution in [1.82, 2.24) is 0 Å². The van der Waals surface area contributed by atoms with Gasteiger partial charge in [-0.1, -0.05) is 110 Å². The van der Waals surface area contributed by atoms with Gasteiger partial charge in [0.2, 0.25) is 0 Å². The van der Waals surface area contributed by atoms with Crippen LogP contribution in [0.4, 0.5) is 0 Å². The van der Waals surface area contributed by atoms with Crippen LogP contribution >= 0.6 is 0 Å². The molecule has 1 heterocycles. The van der Waals surface area contributed by atoms with Gasteiger partial charge >= 0.3 is 5.97 Å². The number of hydrogen-bond acceptors (Lipinski definition) is 3. The molecule has 0 atom stereocenters. The Morgan fingerprint density at radius 3 is 1.55 bits per heavy atom. The topological polar surface area (TPSA) is 35.5 Å². The summed E-state index contributed by atoms with van der Waals surface area (Å²) in [7, 11) is 1.40. The smallest absolute Gasteiger partial charge is 0.337 e. The number of carbonyl (C=O) groups excluding carboxylic acids is 1. The third kappa shape index (κ3) is 4.83. The van der Waals surface area contributed by atoms with Crippen molar-refractivity contribution in [2.75, 3.05) is 7.11 Å². The quantitative estimate of drug-likeness (QED) is 0.246. The fourth-order valence-corrected chi connectivity index (χ4v) is 5.47. The van der Waals surface area contributed by atoms with Crippen molar-refractivity contribution in [2.24, 2.45) is 0 Å². The van der Waals surface area contributed by atoms with Crippen LogP contribution in [0, 0.1) is 0 Å². The SMILES string of the molecule is COC(=O)c1ccc(-c2cc(C(C)(C)C)cc3c2Oc2c(-c4ccccc4)cc(C(C)(C)C)cc2C3(C)C)cc1. The van der Waals surface area contributed by atoms with E-state index in [-0.39, 0.29) is 22.2 Å². The average Bonchev–Trinajstić information content (AvgIpc) is 2.91. The maximum atomic E-state index is 12.1. The minimum Gasteiger partial charge on any atom is -0.465 e. The molecule has 1 aliphatic rings. The third-order valence-corrected chi connectivity index (χ3v) is 8.16. The fourth-order valence-electron chi connectivity index (χ4n) is 5.47. The van der Waals surface area contributed by atoms with E-state index in [1.807, 2.05) is 30.3 Å². The van der Waals surface area contributed by atoms with Crippen molar-refractivity contribution in [2.45, 2.75) is 71.6 Å². The van der Waals surface area contributed by atoms with Crippen molar-refractivity contribution in [3.05, 3.63) is 107 Å². The first-order chi connectivity index (χ1) is 18.7. The normalized spacial score (nSPS) is 14.1. The highest BCUT2D eigenvalue weighted by Crippen LogP contribution is 2.55. The van der Waals surface area contributed by atoms with E-state index in [1.165, 1.54) is 29.4 Å². The van der Waals surface area contributed by atoms with Crippen LogP contribution in [0.2, 0.25) is 0 Å². The maximum Gasteiger partial charge on any atom is 0.337 e. The van der Waals surface area contributed by atoms with Gasteiger partial charge in [-0.3, -0.25) is 0 Å².